The minimum atomic E-state index is -0.915. The van der Waals surface area contributed by atoms with Gasteiger partial charge in [0.05, 0.1) is 11.5 Å². The summed E-state index contributed by atoms with van der Waals surface area (Å²) in [6.45, 7) is 14.1. The molecule has 0 bridgehead atoms. The number of ether oxygens (including phenoxy) is 2. The molecule has 0 saturated carbocycles. The number of alkyl halides is 1. The molecule has 0 N–H and O–H groups in total. The van der Waals surface area contributed by atoms with Crippen molar-refractivity contribution in [2.75, 3.05) is 20.1 Å². The zero-order chi connectivity index (χ0) is 32.5. The van der Waals surface area contributed by atoms with Crippen LogP contribution in [0.1, 0.15) is 70.4 Å². The number of aryl methyl sites for hydroxylation is 1. The number of benzene rings is 1. The number of piperidine rings is 1. The van der Waals surface area contributed by atoms with Crippen molar-refractivity contribution in [2.45, 2.75) is 96.2 Å². The van der Waals surface area contributed by atoms with Crippen molar-refractivity contribution in [3.05, 3.63) is 59.8 Å². The van der Waals surface area contributed by atoms with Crippen molar-refractivity contribution in [1.82, 2.24) is 29.9 Å². The molecule has 0 aliphatic carbocycles. The van der Waals surface area contributed by atoms with Gasteiger partial charge in [0.1, 0.15) is 24.2 Å². The van der Waals surface area contributed by atoms with E-state index in [1.54, 1.807) is 12.1 Å². The van der Waals surface area contributed by atoms with Gasteiger partial charge in [0.25, 0.3) is 0 Å². The lowest BCUT2D eigenvalue weighted by molar-refractivity contribution is -0.131. The van der Waals surface area contributed by atoms with Crippen LogP contribution in [0, 0.1) is 12.7 Å². The van der Waals surface area contributed by atoms with Crippen molar-refractivity contribution in [2.24, 2.45) is 0 Å². The van der Waals surface area contributed by atoms with E-state index in [9.17, 15) is 13.6 Å². The van der Waals surface area contributed by atoms with Gasteiger partial charge in [0.15, 0.2) is 0 Å². The van der Waals surface area contributed by atoms with Crippen LogP contribution in [0.3, 0.4) is 0 Å². The highest BCUT2D eigenvalue weighted by atomic mass is 19.1. The molecule has 1 aromatic carbocycles. The highest BCUT2D eigenvalue weighted by Crippen LogP contribution is 2.35. The molecule has 2 aliphatic heterocycles. The summed E-state index contributed by atoms with van der Waals surface area (Å²) < 4.78 is 46.3. The molecule has 4 heterocycles. The molecule has 0 radical (unpaired) electrons. The van der Waals surface area contributed by atoms with Crippen LogP contribution in [0.15, 0.2) is 41.4 Å². The molecule has 2 saturated heterocycles. The van der Waals surface area contributed by atoms with Crippen LogP contribution in [0.4, 0.5) is 8.78 Å². The lowest BCUT2D eigenvalue weighted by Gasteiger charge is -2.38. The molecule has 5 rings (SSSR count). The van der Waals surface area contributed by atoms with Crippen LogP contribution in [0.2, 0.25) is 0 Å². The van der Waals surface area contributed by atoms with E-state index < -0.39 is 11.6 Å². The molecule has 45 heavy (non-hydrogen) atoms. The van der Waals surface area contributed by atoms with E-state index in [1.807, 2.05) is 51.5 Å². The standard InChI is InChI=1S/C33H42F2N6O4/c1-8-23-16-24(12-13-41(23)29(42)9-2)44-28-17-27(43-20(4)26-15-22(35)18-40(26)7)36-30(37-28)31-38-32(45-39-31)33(5,6)25-11-10-21(34)14-19(25)3/h9-11,14,17,20,22-24,26H,2,8,12-13,15-16,18H2,1,3-7H3/t20-,22+,23+,24-,26-/m0/s1. The minimum Gasteiger partial charge on any atom is -0.474 e. The number of amides is 1. The Kier molecular flexibility index (Phi) is 9.52. The number of nitrogens with zero attached hydrogens (tertiary/aromatic N) is 6. The van der Waals surface area contributed by atoms with Gasteiger partial charge in [-0.15, -0.1) is 0 Å². The fraction of sp³-hybridized carbons (Fsp3) is 0.545. The number of hydrogen-bond donors (Lipinski definition) is 0. The number of hydrogen-bond acceptors (Lipinski definition) is 9. The summed E-state index contributed by atoms with van der Waals surface area (Å²) in [5, 5.41) is 4.19. The van der Waals surface area contributed by atoms with Gasteiger partial charge in [-0.2, -0.15) is 15.0 Å². The van der Waals surface area contributed by atoms with E-state index in [2.05, 4.69) is 26.7 Å². The molecule has 10 nitrogen and oxygen atoms in total. The number of carbonyl (C=O) groups excluding carboxylic acids is 1. The first-order valence-electron chi connectivity index (χ1n) is 15.5. The maximum Gasteiger partial charge on any atom is 0.246 e. The Bertz CT molecular complexity index is 1530. The molecule has 2 aromatic heterocycles. The summed E-state index contributed by atoms with van der Waals surface area (Å²) in [6, 6.07) is 6.09. The predicted octanol–water partition coefficient (Wildman–Crippen LogP) is 5.44. The van der Waals surface area contributed by atoms with Gasteiger partial charge < -0.3 is 18.9 Å². The molecule has 242 valence electrons. The van der Waals surface area contributed by atoms with Gasteiger partial charge in [0, 0.05) is 38.0 Å². The van der Waals surface area contributed by atoms with Gasteiger partial charge in [-0.3, -0.25) is 9.69 Å². The number of likely N-dealkylation sites (N-methyl/N-ethyl adjacent to an activating group) is 1. The second-order valence-corrected chi connectivity index (χ2v) is 12.6. The van der Waals surface area contributed by atoms with Crippen molar-refractivity contribution in [1.29, 1.82) is 0 Å². The molecule has 2 aliphatic rings. The van der Waals surface area contributed by atoms with Crippen LogP contribution in [0.25, 0.3) is 11.6 Å². The van der Waals surface area contributed by atoms with Gasteiger partial charge in [-0.25, -0.2) is 8.78 Å². The zero-order valence-corrected chi connectivity index (χ0v) is 26.8. The molecule has 0 unspecified atom stereocenters. The third kappa shape index (κ3) is 7.00. The zero-order valence-electron chi connectivity index (χ0n) is 26.8. The van der Waals surface area contributed by atoms with Crippen LogP contribution >= 0.6 is 0 Å². The second kappa shape index (κ2) is 13.2. The second-order valence-electron chi connectivity index (χ2n) is 12.6. The predicted molar refractivity (Wildman–Crippen MR) is 164 cm³/mol. The first kappa shape index (κ1) is 32.5. The average molecular weight is 625 g/mol. The molecule has 5 atom stereocenters. The fourth-order valence-corrected chi connectivity index (χ4v) is 6.51. The number of halogens is 2. The maximum absolute atomic E-state index is 14.1. The Morgan fingerprint density at radius 1 is 1.20 bits per heavy atom. The topological polar surface area (TPSA) is 107 Å². The molecule has 1 amide bonds. The van der Waals surface area contributed by atoms with Crippen molar-refractivity contribution >= 4 is 5.91 Å². The molecular weight excluding hydrogens is 582 g/mol. The van der Waals surface area contributed by atoms with Gasteiger partial charge in [0.2, 0.25) is 35.2 Å². The van der Waals surface area contributed by atoms with E-state index in [0.717, 1.165) is 17.5 Å². The van der Waals surface area contributed by atoms with E-state index >= 15 is 0 Å². The van der Waals surface area contributed by atoms with Crippen LogP contribution in [-0.2, 0) is 10.2 Å². The Morgan fingerprint density at radius 2 is 1.96 bits per heavy atom. The molecule has 12 heteroatoms. The number of aromatic nitrogens is 4. The summed E-state index contributed by atoms with van der Waals surface area (Å²) in [5.74, 6) is 0.696. The van der Waals surface area contributed by atoms with Crippen LogP contribution in [0.5, 0.6) is 11.8 Å². The summed E-state index contributed by atoms with van der Waals surface area (Å²) in [4.78, 5) is 30.0. The Hall–Kier alpha value is -3.93. The summed E-state index contributed by atoms with van der Waals surface area (Å²) in [5.41, 5.74) is 0.871. The number of carbonyl (C=O) groups is 1. The van der Waals surface area contributed by atoms with E-state index in [0.29, 0.717) is 38.2 Å². The molecule has 2 fully saturated rings. The number of likely N-dealkylation sites (tertiary alicyclic amines) is 2. The smallest absolute Gasteiger partial charge is 0.246 e. The van der Waals surface area contributed by atoms with Gasteiger partial charge in [-0.1, -0.05) is 24.7 Å². The lowest BCUT2D eigenvalue weighted by atomic mass is 9.82. The quantitative estimate of drug-likeness (QED) is 0.273. The summed E-state index contributed by atoms with van der Waals surface area (Å²) in [7, 11) is 1.88. The normalized spacial score (nSPS) is 23.2. The largest absolute Gasteiger partial charge is 0.474 e. The van der Waals surface area contributed by atoms with Crippen LogP contribution in [-0.4, -0.2) is 86.4 Å². The van der Waals surface area contributed by atoms with E-state index in [1.165, 1.54) is 18.2 Å². The van der Waals surface area contributed by atoms with E-state index in [-0.39, 0.29) is 59.4 Å². The third-order valence-electron chi connectivity index (χ3n) is 8.98. The van der Waals surface area contributed by atoms with E-state index in [4.69, 9.17) is 14.0 Å². The summed E-state index contributed by atoms with van der Waals surface area (Å²) >= 11 is 0. The Balaban J connectivity index is 1.44. The van der Waals surface area contributed by atoms with Crippen molar-refractivity contribution < 1.29 is 27.6 Å². The Labute approximate surface area is 262 Å². The SMILES string of the molecule is C=CC(=O)N1CC[C@H](Oc2cc(O[C@@H](C)[C@@H]3C[C@@H](F)CN3C)nc(-c3noc(C(C)(C)c4ccc(F)cc4C)n3)n2)C[C@H]1CC. The summed E-state index contributed by atoms with van der Waals surface area (Å²) in [6.07, 6.45) is 2.24. The van der Waals surface area contributed by atoms with Gasteiger partial charge >= 0.3 is 0 Å². The number of rotatable bonds is 10. The monoisotopic (exact) mass is 624 g/mol. The molecular formula is C33H42F2N6O4. The average Bonchev–Trinajstić information content (AvgIpc) is 3.63. The lowest BCUT2D eigenvalue weighted by Crippen LogP contribution is -2.48. The van der Waals surface area contributed by atoms with Crippen molar-refractivity contribution in [3.63, 3.8) is 0 Å². The van der Waals surface area contributed by atoms with Crippen LogP contribution < -0.4 is 9.47 Å². The maximum atomic E-state index is 14.1. The fourth-order valence-electron chi connectivity index (χ4n) is 6.51. The molecule has 3 aromatic rings. The third-order valence-corrected chi connectivity index (χ3v) is 8.98. The highest BCUT2D eigenvalue weighted by molar-refractivity contribution is 5.87. The minimum absolute atomic E-state index is 0.00904. The van der Waals surface area contributed by atoms with Gasteiger partial charge in [-0.05, 0) is 76.9 Å². The molecule has 0 spiro atoms. The first-order chi connectivity index (χ1) is 21.4. The highest BCUT2D eigenvalue weighted by Gasteiger charge is 2.36. The van der Waals surface area contributed by atoms with Crippen molar-refractivity contribution in [3.8, 4) is 23.4 Å². The first-order valence-corrected chi connectivity index (χ1v) is 15.5. The Morgan fingerprint density at radius 3 is 2.62 bits per heavy atom.